The van der Waals surface area contributed by atoms with Crippen molar-refractivity contribution in [2.24, 2.45) is 5.41 Å². The summed E-state index contributed by atoms with van der Waals surface area (Å²) in [6.07, 6.45) is 2.47. The fourth-order valence-corrected chi connectivity index (χ4v) is 1.03. The van der Waals surface area contributed by atoms with E-state index in [1.807, 2.05) is 20.8 Å². The number of carbonyl (C=O) groups is 2. The highest BCUT2D eigenvalue weighted by molar-refractivity contribution is 5.83. The molecule has 0 heterocycles. The maximum atomic E-state index is 11.5. The summed E-state index contributed by atoms with van der Waals surface area (Å²) in [5.74, 6) is 0.0515. The van der Waals surface area contributed by atoms with Crippen LogP contribution < -0.4 is 0 Å². The Morgan fingerprint density at radius 2 is 1.57 bits per heavy atom. The van der Waals surface area contributed by atoms with Crippen LogP contribution in [0.15, 0.2) is 0 Å². The maximum Gasteiger partial charge on any atom is 0.305 e. The first-order valence-electron chi connectivity index (χ1n) is 4.98. The highest BCUT2D eigenvalue weighted by atomic mass is 16.5. The first kappa shape index (κ1) is 13.1. The van der Waals surface area contributed by atoms with Gasteiger partial charge in [0.25, 0.3) is 0 Å². The van der Waals surface area contributed by atoms with Crippen LogP contribution in [-0.4, -0.2) is 18.9 Å². The highest BCUT2D eigenvalue weighted by Crippen LogP contribution is 2.18. The fourth-order valence-electron chi connectivity index (χ4n) is 1.03. The lowest BCUT2D eigenvalue weighted by atomic mass is 9.88. The predicted octanol–water partition coefficient (Wildman–Crippen LogP) is 2.33. The number of hydrogen-bond donors (Lipinski definition) is 0. The van der Waals surface area contributed by atoms with Gasteiger partial charge >= 0.3 is 5.97 Å². The van der Waals surface area contributed by atoms with Gasteiger partial charge in [-0.25, -0.2) is 0 Å². The first-order chi connectivity index (χ1) is 6.38. The minimum absolute atomic E-state index is 0.201. The van der Waals surface area contributed by atoms with Crippen molar-refractivity contribution in [3.63, 3.8) is 0 Å². The van der Waals surface area contributed by atoms with Crippen LogP contribution in [-0.2, 0) is 14.3 Å². The van der Waals surface area contributed by atoms with E-state index in [9.17, 15) is 9.59 Å². The van der Waals surface area contributed by atoms with Gasteiger partial charge in [0, 0.05) is 18.3 Å². The van der Waals surface area contributed by atoms with Crippen LogP contribution in [0.2, 0.25) is 0 Å². The second-order valence-corrected chi connectivity index (χ2v) is 4.46. The van der Waals surface area contributed by atoms with E-state index in [4.69, 9.17) is 0 Å². The molecule has 82 valence electrons. The van der Waals surface area contributed by atoms with E-state index in [2.05, 4.69) is 4.74 Å². The van der Waals surface area contributed by atoms with Gasteiger partial charge in [-0.1, -0.05) is 20.8 Å². The van der Waals surface area contributed by atoms with E-state index in [1.54, 1.807) is 0 Å². The summed E-state index contributed by atoms with van der Waals surface area (Å²) in [5.41, 5.74) is -0.259. The third-order valence-corrected chi connectivity index (χ3v) is 2.10. The molecule has 0 atom stereocenters. The van der Waals surface area contributed by atoms with Crippen molar-refractivity contribution < 1.29 is 14.3 Å². The van der Waals surface area contributed by atoms with Gasteiger partial charge in [0.2, 0.25) is 0 Å². The minimum atomic E-state index is -0.259. The highest BCUT2D eigenvalue weighted by Gasteiger charge is 2.20. The van der Waals surface area contributed by atoms with Crippen molar-refractivity contribution in [3.05, 3.63) is 0 Å². The molecule has 0 unspecified atom stereocenters. The number of rotatable bonds is 5. The molecule has 0 aromatic heterocycles. The second-order valence-electron chi connectivity index (χ2n) is 4.46. The van der Waals surface area contributed by atoms with Gasteiger partial charge in [-0.2, -0.15) is 0 Å². The van der Waals surface area contributed by atoms with Crippen LogP contribution in [0.3, 0.4) is 0 Å². The molecule has 0 saturated carbocycles. The molecule has 3 nitrogen and oxygen atoms in total. The Hall–Kier alpha value is -0.860. The normalized spacial score (nSPS) is 11.1. The predicted molar refractivity (Wildman–Crippen MR) is 54.9 cm³/mol. The van der Waals surface area contributed by atoms with Crippen LogP contribution in [0.1, 0.15) is 46.5 Å². The van der Waals surface area contributed by atoms with Crippen molar-refractivity contribution in [3.8, 4) is 0 Å². The maximum absolute atomic E-state index is 11.5. The number of methoxy groups -OCH3 is 1. The van der Waals surface area contributed by atoms with Crippen molar-refractivity contribution in [2.45, 2.75) is 46.5 Å². The molecular formula is C11H20O3. The van der Waals surface area contributed by atoms with Crippen LogP contribution >= 0.6 is 0 Å². The minimum Gasteiger partial charge on any atom is -0.469 e. The Morgan fingerprint density at radius 3 is 2.00 bits per heavy atom. The molecule has 0 radical (unpaired) electrons. The summed E-state index contributed by atoms with van der Waals surface area (Å²) in [4.78, 5) is 22.2. The van der Waals surface area contributed by atoms with Gasteiger partial charge in [0.05, 0.1) is 7.11 Å². The van der Waals surface area contributed by atoms with E-state index < -0.39 is 0 Å². The molecule has 14 heavy (non-hydrogen) atoms. The fraction of sp³-hybridized carbons (Fsp3) is 0.818. The van der Waals surface area contributed by atoms with Gasteiger partial charge in [-0.3, -0.25) is 9.59 Å². The summed E-state index contributed by atoms with van der Waals surface area (Å²) in [5, 5.41) is 0. The Balaban J connectivity index is 3.56. The van der Waals surface area contributed by atoms with Crippen molar-refractivity contribution in [1.29, 1.82) is 0 Å². The summed E-state index contributed by atoms with van der Waals surface area (Å²) in [6, 6.07) is 0. The number of ketones is 1. The number of esters is 1. The zero-order chi connectivity index (χ0) is 11.2. The van der Waals surface area contributed by atoms with Crippen molar-refractivity contribution >= 4 is 11.8 Å². The lowest BCUT2D eigenvalue weighted by Crippen LogP contribution is -2.19. The van der Waals surface area contributed by atoms with E-state index >= 15 is 0 Å². The third kappa shape index (κ3) is 5.73. The zero-order valence-corrected chi connectivity index (χ0v) is 9.55. The van der Waals surface area contributed by atoms with E-state index in [-0.39, 0.29) is 17.2 Å². The van der Waals surface area contributed by atoms with Crippen LogP contribution in [0.4, 0.5) is 0 Å². The molecule has 0 aliphatic rings. The molecule has 0 aliphatic heterocycles. The Labute approximate surface area is 85.8 Å². The third-order valence-electron chi connectivity index (χ3n) is 2.10. The van der Waals surface area contributed by atoms with Crippen molar-refractivity contribution in [2.75, 3.05) is 7.11 Å². The summed E-state index contributed by atoms with van der Waals surface area (Å²) >= 11 is 0. The average molecular weight is 200 g/mol. The van der Waals surface area contributed by atoms with Gasteiger partial charge < -0.3 is 4.74 Å². The Morgan fingerprint density at radius 1 is 1.07 bits per heavy atom. The van der Waals surface area contributed by atoms with Gasteiger partial charge in [0.15, 0.2) is 0 Å². The molecule has 0 saturated heterocycles. The van der Waals surface area contributed by atoms with E-state index in [0.29, 0.717) is 12.8 Å². The molecule has 0 aromatic rings. The molecule has 0 N–H and O–H groups in total. The molecule has 0 rings (SSSR count). The monoisotopic (exact) mass is 200 g/mol. The average Bonchev–Trinajstić information content (AvgIpc) is 2.09. The molecule has 3 heteroatoms. The van der Waals surface area contributed by atoms with E-state index in [0.717, 1.165) is 12.8 Å². The molecular weight excluding hydrogens is 180 g/mol. The number of Topliss-reactive ketones (excluding diaryl/α,β-unsaturated/α-hetero) is 1. The molecule has 0 bridgehead atoms. The SMILES string of the molecule is COC(=O)CCCCC(=O)C(C)(C)C. The van der Waals surface area contributed by atoms with Gasteiger partial charge in [-0.15, -0.1) is 0 Å². The van der Waals surface area contributed by atoms with Crippen LogP contribution in [0.25, 0.3) is 0 Å². The number of carbonyl (C=O) groups excluding carboxylic acids is 2. The molecule has 0 aliphatic carbocycles. The lowest BCUT2D eigenvalue weighted by Gasteiger charge is -2.15. The largest absolute Gasteiger partial charge is 0.469 e. The first-order valence-corrected chi connectivity index (χ1v) is 4.98. The number of ether oxygens (including phenoxy) is 1. The van der Waals surface area contributed by atoms with Crippen LogP contribution in [0, 0.1) is 5.41 Å². The summed E-state index contributed by atoms with van der Waals surface area (Å²) in [7, 11) is 1.38. The molecule has 0 amide bonds. The summed E-state index contributed by atoms with van der Waals surface area (Å²) < 4.78 is 4.50. The quantitative estimate of drug-likeness (QED) is 0.505. The zero-order valence-electron chi connectivity index (χ0n) is 9.55. The molecule has 0 fully saturated rings. The van der Waals surface area contributed by atoms with Crippen molar-refractivity contribution in [1.82, 2.24) is 0 Å². The standard InChI is InChI=1S/C11H20O3/c1-11(2,3)9(12)7-5-6-8-10(13)14-4/h5-8H2,1-4H3. The Bertz CT molecular complexity index is 201. The van der Waals surface area contributed by atoms with Gasteiger partial charge in [0.1, 0.15) is 5.78 Å². The smallest absolute Gasteiger partial charge is 0.305 e. The molecule has 0 aromatic carbocycles. The topological polar surface area (TPSA) is 43.4 Å². The lowest BCUT2D eigenvalue weighted by molar-refractivity contribution is -0.140. The number of hydrogen-bond acceptors (Lipinski definition) is 3. The Kier molecular flexibility index (Phi) is 5.43. The number of unbranched alkanes of at least 4 members (excludes halogenated alkanes) is 1. The van der Waals surface area contributed by atoms with Gasteiger partial charge in [-0.05, 0) is 12.8 Å². The van der Waals surface area contributed by atoms with E-state index in [1.165, 1.54) is 7.11 Å². The molecule has 0 spiro atoms. The summed E-state index contributed by atoms with van der Waals surface area (Å²) in [6.45, 7) is 5.74. The second kappa shape index (κ2) is 5.78. The van der Waals surface area contributed by atoms with Crippen LogP contribution in [0.5, 0.6) is 0 Å².